The Morgan fingerprint density at radius 1 is 0.193 bits per heavy atom. The Kier molecular flexibility index (Phi) is 13.5. The minimum atomic E-state index is -0.327. The van der Waals surface area contributed by atoms with E-state index in [9.17, 15) is 0 Å². The highest BCUT2D eigenvalue weighted by Crippen LogP contribution is 2.52. The van der Waals surface area contributed by atoms with Crippen LogP contribution in [0, 0.1) is 0 Å². The lowest BCUT2D eigenvalue weighted by atomic mass is 9.33. The fourth-order valence-electron chi connectivity index (χ4n) is 18.2. The standard InChI is InChI=1S/C102H63BN4O2/c1-7-28-64(29-8-1)68-50-69(65-30-9-2-10-31-65)53-72(52-68)76-40-19-23-44-88(76)106-92-48-27-49-93-102(92)103(86-60-98-84(58-96(86)106)82-56-80-78-42-21-25-46-90(78)104(74-36-15-5-16-37-74)94(80)62-100(82)108-98)87-61-99-85(83-57-81-79-43-22-26-47-91(79)105(75-38-17-6-18-39-75)95(81)63-101(83)109-99)59-97(87)107(93)89-45-24-20-41-77(89)73-54-70(66-32-11-3-12-33-66)51-71(55-73)67-34-13-4-14-35-67/h1-63H. The van der Waals surface area contributed by atoms with Crippen molar-refractivity contribution in [1.82, 2.24) is 9.13 Å². The molecule has 17 aromatic carbocycles. The van der Waals surface area contributed by atoms with Crippen LogP contribution in [0.25, 0.3) is 166 Å². The van der Waals surface area contributed by atoms with Gasteiger partial charge in [-0.1, -0.05) is 237 Å². The molecule has 0 radical (unpaired) electrons. The van der Waals surface area contributed by atoms with Crippen LogP contribution in [-0.2, 0) is 0 Å². The molecule has 0 aliphatic carbocycles. The van der Waals surface area contributed by atoms with Crippen LogP contribution in [0.2, 0.25) is 0 Å². The summed E-state index contributed by atoms with van der Waals surface area (Å²) in [6.07, 6.45) is 0. The number of hydrogen-bond donors (Lipinski definition) is 0. The number of rotatable bonds is 10. The first-order valence-corrected chi connectivity index (χ1v) is 37.5. The molecule has 2 aliphatic heterocycles. The van der Waals surface area contributed by atoms with Crippen molar-refractivity contribution in [3.63, 3.8) is 0 Å². The van der Waals surface area contributed by atoms with Gasteiger partial charge in [0, 0.05) is 100 Å². The van der Waals surface area contributed by atoms with Gasteiger partial charge in [0.05, 0.1) is 33.4 Å². The van der Waals surface area contributed by atoms with Crippen LogP contribution >= 0.6 is 0 Å². The molecule has 6 nitrogen and oxygen atoms in total. The minimum absolute atomic E-state index is 0.327. The van der Waals surface area contributed by atoms with E-state index in [1.54, 1.807) is 0 Å². The smallest absolute Gasteiger partial charge is 0.252 e. The first-order valence-electron chi connectivity index (χ1n) is 37.5. The molecule has 506 valence electrons. The maximum absolute atomic E-state index is 7.46. The van der Waals surface area contributed by atoms with Crippen LogP contribution in [0.5, 0.6) is 0 Å². The van der Waals surface area contributed by atoms with Crippen LogP contribution in [0.4, 0.5) is 34.1 Å². The quantitative estimate of drug-likeness (QED) is 0.128. The van der Waals surface area contributed by atoms with Crippen LogP contribution in [0.15, 0.2) is 391 Å². The van der Waals surface area contributed by atoms with Gasteiger partial charge in [-0.25, -0.2) is 0 Å². The average Bonchev–Trinajstić information content (AvgIpc) is 1.19. The molecule has 23 rings (SSSR count). The van der Waals surface area contributed by atoms with Crippen molar-refractivity contribution in [2.75, 3.05) is 9.80 Å². The van der Waals surface area contributed by atoms with Crippen LogP contribution in [-0.4, -0.2) is 15.8 Å². The van der Waals surface area contributed by atoms with E-state index in [1.165, 1.54) is 27.0 Å². The summed E-state index contributed by atoms with van der Waals surface area (Å²) >= 11 is 0. The Labute approximate surface area is 628 Å². The predicted molar refractivity (Wildman–Crippen MR) is 456 cm³/mol. The van der Waals surface area contributed by atoms with Crippen molar-refractivity contribution in [2.24, 2.45) is 0 Å². The van der Waals surface area contributed by atoms with Gasteiger partial charge in [0.1, 0.15) is 22.3 Å². The Morgan fingerprint density at radius 2 is 0.505 bits per heavy atom. The molecule has 7 heteroatoms. The molecule has 109 heavy (non-hydrogen) atoms. The molecule has 0 saturated carbocycles. The molecule has 0 amide bonds. The average molecular weight is 1390 g/mol. The largest absolute Gasteiger partial charge is 0.456 e. The highest BCUT2D eigenvalue weighted by molar-refractivity contribution is 7.00. The molecule has 21 aromatic rings. The van der Waals surface area contributed by atoms with Crippen LogP contribution < -0.4 is 26.2 Å². The van der Waals surface area contributed by atoms with Crippen LogP contribution in [0.3, 0.4) is 0 Å². The van der Waals surface area contributed by atoms with E-state index in [0.29, 0.717) is 0 Å². The number of fused-ring (bicyclic) bond motifs is 16. The van der Waals surface area contributed by atoms with E-state index in [2.05, 4.69) is 401 Å². The summed E-state index contributed by atoms with van der Waals surface area (Å²) in [7, 11) is 0. The molecule has 0 bridgehead atoms. The molecule has 0 saturated heterocycles. The fraction of sp³-hybridized carbons (Fsp3) is 0. The number of aromatic nitrogens is 2. The maximum atomic E-state index is 7.46. The summed E-state index contributed by atoms with van der Waals surface area (Å²) in [6, 6.07) is 141. The van der Waals surface area contributed by atoms with Crippen LogP contribution in [0.1, 0.15) is 0 Å². The SMILES string of the molecule is c1ccc(-c2cc(-c3ccccc3)cc(-c3ccccc3N3c4cc5c(cc4B4c6cc7oc8cc9c(cc8c7cc6N(c6ccccc6-c6cc(-c7ccccc7)cc(-c7ccccc7)c6)c6cccc3c64)c3ccccc3n9-c3ccccc3)oc3cc4c(cc35)c3ccccc3n4-c3ccccc3)c2)cc1. The van der Waals surface area contributed by atoms with Gasteiger partial charge >= 0.3 is 0 Å². The second-order valence-corrected chi connectivity index (χ2v) is 29.0. The third-order valence-corrected chi connectivity index (χ3v) is 23.0. The zero-order valence-corrected chi connectivity index (χ0v) is 59.1. The van der Waals surface area contributed by atoms with Gasteiger partial charge < -0.3 is 27.8 Å². The molecule has 0 unspecified atom stereocenters. The summed E-state index contributed by atoms with van der Waals surface area (Å²) in [5, 5.41) is 8.89. The Bertz CT molecular complexity index is 6740. The van der Waals surface area contributed by atoms with Gasteiger partial charge in [0.15, 0.2) is 0 Å². The first kappa shape index (κ1) is 61.0. The fourth-order valence-corrected chi connectivity index (χ4v) is 18.2. The minimum Gasteiger partial charge on any atom is -0.456 e. The maximum Gasteiger partial charge on any atom is 0.252 e. The van der Waals surface area contributed by atoms with E-state index < -0.39 is 0 Å². The monoisotopic (exact) mass is 1390 g/mol. The van der Waals surface area contributed by atoms with Crippen molar-refractivity contribution in [1.29, 1.82) is 0 Å². The van der Waals surface area contributed by atoms with Crippen molar-refractivity contribution in [3.05, 3.63) is 382 Å². The molecule has 0 atom stereocenters. The van der Waals surface area contributed by atoms with Gasteiger partial charge in [-0.15, -0.1) is 0 Å². The first-order chi connectivity index (χ1) is 54.0. The molecule has 4 aromatic heterocycles. The highest BCUT2D eigenvalue weighted by atomic mass is 16.3. The van der Waals surface area contributed by atoms with E-state index in [1.807, 2.05) is 0 Å². The third kappa shape index (κ3) is 9.50. The lowest BCUT2D eigenvalue weighted by molar-refractivity contribution is 0.669. The van der Waals surface area contributed by atoms with Crippen molar-refractivity contribution >= 4 is 145 Å². The van der Waals surface area contributed by atoms with E-state index in [4.69, 9.17) is 8.83 Å². The Balaban J connectivity index is 0.820. The van der Waals surface area contributed by atoms with Gasteiger partial charge in [0.25, 0.3) is 6.71 Å². The summed E-state index contributed by atoms with van der Waals surface area (Å²) in [4.78, 5) is 5.16. The van der Waals surface area contributed by atoms with Crippen molar-refractivity contribution < 1.29 is 8.83 Å². The Hall–Kier alpha value is -14.4. The van der Waals surface area contributed by atoms with Gasteiger partial charge in [0.2, 0.25) is 0 Å². The number of hydrogen-bond acceptors (Lipinski definition) is 4. The van der Waals surface area contributed by atoms with Crippen molar-refractivity contribution in [2.45, 2.75) is 0 Å². The van der Waals surface area contributed by atoms with Gasteiger partial charge in [-0.3, -0.25) is 0 Å². The van der Waals surface area contributed by atoms with E-state index in [-0.39, 0.29) is 6.71 Å². The molecule has 0 spiro atoms. The highest BCUT2D eigenvalue weighted by Gasteiger charge is 2.45. The lowest BCUT2D eigenvalue weighted by Crippen LogP contribution is -2.61. The normalized spacial score (nSPS) is 12.5. The number of para-hydroxylation sites is 6. The zero-order chi connectivity index (χ0) is 71.4. The number of anilines is 6. The zero-order valence-electron chi connectivity index (χ0n) is 59.1. The molecule has 0 fully saturated rings. The predicted octanol–water partition coefficient (Wildman–Crippen LogP) is 25.8. The number of nitrogens with zero attached hydrogens (tertiary/aromatic N) is 4. The lowest BCUT2D eigenvalue weighted by Gasteiger charge is -2.44. The second-order valence-electron chi connectivity index (χ2n) is 29.0. The van der Waals surface area contributed by atoms with Gasteiger partial charge in [-0.2, -0.15) is 0 Å². The summed E-state index contributed by atoms with van der Waals surface area (Å²) in [5.41, 5.74) is 33.4. The molecule has 2 aliphatic rings. The Morgan fingerprint density at radius 3 is 0.899 bits per heavy atom. The molecule has 6 heterocycles. The summed E-state index contributed by atoms with van der Waals surface area (Å²) in [5.74, 6) is 0. The van der Waals surface area contributed by atoms with Gasteiger partial charge in [-0.05, 0) is 205 Å². The summed E-state index contributed by atoms with van der Waals surface area (Å²) < 4.78 is 19.7. The third-order valence-electron chi connectivity index (χ3n) is 23.0. The van der Waals surface area contributed by atoms with E-state index >= 15 is 0 Å². The number of furan rings is 2. The van der Waals surface area contributed by atoms with Crippen molar-refractivity contribution in [3.8, 4) is 78.1 Å². The second kappa shape index (κ2) is 24.1. The number of benzene rings is 17. The molecular formula is C102H63BN4O2. The summed E-state index contributed by atoms with van der Waals surface area (Å²) in [6.45, 7) is -0.327. The topological polar surface area (TPSA) is 42.6 Å². The van der Waals surface area contributed by atoms with E-state index in [0.717, 1.165) is 189 Å². The molecular weight excluding hydrogens is 1320 g/mol. The molecule has 0 N–H and O–H groups in total.